The van der Waals surface area contributed by atoms with E-state index in [1.807, 2.05) is 18.3 Å². The van der Waals surface area contributed by atoms with Crippen molar-refractivity contribution in [2.75, 3.05) is 45.9 Å². The summed E-state index contributed by atoms with van der Waals surface area (Å²) in [5.41, 5.74) is 0. The molecule has 2 rings (SSSR count). The minimum Gasteiger partial charge on any atom is -0.382 e. The van der Waals surface area contributed by atoms with Crippen LogP contribution in [-0.4, -0.2) is 56.8 Å². The third kappa shape index (κ3) is 10.7. The predicted octanol–water partition coefficient (Wildman–Crippen LogP) is 3.95. The van der Waals surface area contributed by atoms with Crippen LogP contribution in [0.1, 0.15) is 44.4 Å². The van der Waals surface area contributed by atoms with Crippen LogP contribution in [0, 0.1) is 5.92 Å². The lowest BCUT2D eigenvalue weighted by Gasteiger charge is -2.31. The largest absolute Gasteiger partial charge is 0.382 e. The fourth-order valence-corrected chi connectivity index (χ4v) is 4.06. The summed E-state index contributed by atoms with van der Waals surface area (Å²) in [5.74, 6) is 1.62. The maximum Gasteiger partial charge on any atom is 0.191 e. The van der Waals surface area contributed by atoms with E-state index in [0.29, 0.717) is 5.92 Å². The Labute approximate surface area is 186 Å². The van der Waals surface area contributed by atoms with Crippen molar-refractivity contribution in [1.29, 1.82) is 0 Å². The zero-order valence-corrected chi connectivity index (χ0v) is 20.1. The Balaban J connectivity index is 0.00000364. The Morgan fingerprint density at radius 3 is 2.96 bits per heavy atom. The molecule has 5 nitrogen and oxygen atoms in total. The number of likely N-dealkylation sites (tertiary alicyclic amines) is 1. The SMILES string of the molecule is CCNC(=NCC1CCCN(Cc2cccs2)C1)NCCCCOCC.I. The van der Waals surface area contributed by atoms with E-state index in [2.05, 4.69) is 40.0 Å². The van der Waals surface area contributed by atoms with Gasteiger partial charge < -0.3 is 15.4 Å². The van der Waals surface area contributed by atoms with E-state index in [1.54, 1.807) is 0 Å². The second kappa shape index (κ2) is 15.5. The highest BCUT2D eigenvalue weighted by atomic mass is 127. The quantitative estimate of drug-likeness (QED) is 0.206. The number of ether oxygens (including phenoxy) is 1. The number of halogens is 1. The number of hydrogen-bond donors (Lipinski definition) is 2. The minimum atomic E-state index is 0. The third-order valence-corrected chi connectivity index (χ3v) is 5.49. The first-order valence-corrected chi connectivity index (χ1v) is 11.0. The standard InChI is InChI=1S/C20H36N4OS.HI/c1-3-21-20(22-11-5-6-13-25-4-2)23-15-18-9-7-12-24(16-18)17-19-10-8-14-26-19;/h8,10,14,18H,3-7,9,11-13,15-17H2,1-2H3,(H2,21,22,23);1H. The highest BCUT2D eigenvalue weighted by Gasteiger charge is 2.20. The Kier molecular flexibility index (Phi) is 14.2. The Morgan fingerprint density at radius 1 is 1.33 bits per heavy atom. The van der Waals surface area contributed by atoms with Crippen molar-refractivity contribution in [2.24, 2.45) is 10.9 Å². The van der Waals surface area contributed by atoms with Gasteiger partial charge in [0.1, 0.15) is 0 Å². The van der Waals surface area contributed by atoms with Crippen LogP contribution in [0.2, 0.25) is 0 Å². The molecule has 0 aliphatic carbocycles. The number of thiophene rings is 1. The van der Waals surface area contributed by atoms with Crippen molar-refractivity contribution in [1.82, 2.24) is 15.5 Å². The van der Waals surface area contributed by atoms with Gasteiger partial charge in [0.25, 0.3) is 0 Å². The van der Waals surface area contributed by atoms with Crippen molar-refractivity contribution in [2.45, 2.75) is 46.1 Å². The number of aliphatic imine (C=N–C) groups is 1. The molecule has 2 heterocycles. The van der Waals surface area contributed by atoms with Gasteiger partial charge in [-0.05, 0) is 63.4 Å². The van der Waals surface area contributed by atoms with Crippen LogP contribution in [0.5, 0.6) is 0 Å². The molecule has 0 bridgehead atoms. The number of guanidine groups is 1. The molecule has 0 aromatic carbocycles. The van der Waals surface area contributed by atoms with Gasteiger partial charge >= 0.3 is 0 Å². The molecule has 1 unspecified atom stereocenters. The molecule has 7 heteroatoms. The first kappa shape index (κ1) is 24.7. The Bertz CT molecular complexity index is 498. The second-order valence-corrected chi connectivity index (χ2v) is 7.91. The molecular formula is C20H37IN4OS. The summed E-state index contributed by atoms with van der Waals surface area (Å²) in [6.45, 7) is 12.1. The van der Waals surface area contributed by atoms with Gasteiger partial charge in [-0.25, -0.2) is 0 Å². The topological polar surface area (TPSA) is 48.9 Å². The molecule has 1 aliphatic rings. The number of nitrogens with zero attached hydrogens (tertiary/aromatic N) is 2. The van der Waals surface area contributed by atoms with Crippen molar-refractivity contribution in [3.8, 4) is 0 Å². The van der Waals surface area contributed by atoms with Gasteiger partial charge in [0.2, 0.25) is 0 Å². The fraction of sp³-hybridized carbons (Fsp3) is 0.750. The number of piperidine rings is 1. The van der Waals surface area contributed by atoms with Crippen LogP contribution in [0.25, 0.3) is 0 Å². The van der Waals surface area contributed by atoms with E-state index in [9.17, 15) is 0 Å². The molecule has 1 atom stereocenters. The first-order chi connectivity index (χ1) is 12.8. The fourth-order valence-electron chi connectivity index (χ4n) is 3.31. The molecule has 2 N–H and O–H groups in total. The molecule has 1 fully saturated rings. The zero-order valence-electron chi connectivity index (χ0n) is 16.9. The van der Waals surface area contributed by atoms with Crippen molar-refractivity contribution < 1.29 is 4.74 Å². The molecule has 1 aliphatic heterocycles. The summed E-state index contributed by atoms with van der Waals surface area (Å²) in [6, 6.07) is 4.39. The van der Waals surface area contributed by atoms with Crippen LogP contribution in [-0.2, 0) is 11.3 Å². The third-order valence-electron chi connectivity index (χ3n) is 4.63. The molecule has 0 radical (unpaired) electrons. The van der Waals surface area contributed by atoms with Crippen molar-refractivity contribution >= 4 is 41.3 Å². The molecule has 1 saturated heterocycles. The van der Waals surface area contributed by atoms with Crippen molar-refractivity contribution in [3.05, 3.63) is 22.4 Å². The Hall–Kier alpha value is -0.380. The summed E-state index contributed by atoms with van der Waals surface area (Å²) < 4.78 is 5.38. The molecule has 1 aromatic heterocycles. The summed E-state index contributed by atoms with van der Waals surface area (Å²) in [6.07, 6.45) is 4.79. The van der Waals surface area contributed by atoms with E-state index in [1.165, 1.54) is 24.3 Å². The summed E-state index contributed by atoms with van der Waals surface area (Å²) in [7, 11) is 0. The van der Waals surface area contributed by atoms with Gasteiger partial charge in [0.15, 0.2) is 5.96 Å². The van der Waals surface area contributed by atoms with Crippen LogP contribution in [0.4, 0.5) is 0 Å². The van der Waals surface area contributed by atoms with E-state index in [0.717, 1.165) is 64.7 Å². The van der Waals surface area contributed by atoms with Gasteiger partial charge in [-0.3, -0.25) is 9.89 Å². The van der Waals surface area contributed by atoms with E-state index in [4.69, 9.17) is 9.73 Å². The van der Waals surface area contributed by atoms with Crippen LogP contribution < -0.4 is 10.6 Å². The maximum absolute atomic E-state index is 5.38. The highest BCUT2D eigenvalue weighted by molar-refractivity contribution is 14.0. The molecule has 0 amide bonds. The first-order valence-electron chi connectivity index (χ1n) is 10.2. The monoisotopic (exact) mass is 508 g/mol. The maximum atomic E-state index is 5.38. The predicted molar refractivity (Wildman–Crippen MR) is 127 cm³/mol. The minimum absolute atomic E-state index is 0. The van der Waals surface area contributed by atoms with Crippen LogP contribution in [0.3, 0.4) is 0 Å². The van der Waals surface area contributed by atoms with Gasteiger partial charge in [0.05, 0.1) is 0 Å². The number of unbranched alkanes of at least 4 members (excludes halogenated alkanes) is 1. The second-order valence-electron chi connectivity index (χ2n) is 6.87. The summed E-state index contributed by atoms with van der Waals surface area (Å²) >= 11 is 1.86. The average molecular weight is 509 g/mol. The molecule has 0 saturated carbocycles. The van der Waals surface area contributed by atoms with Crippen LogP contribution in [0.15, 0.2) is 22.5 Å². The molecule has 1 aromatic rings. The summed E-state index contributed by atoms with van der Waals surface area (Å²) in [4.78, 5) is 8.90. The lowest BCUT2D eigenvalue weighted by atomic mass is 9.98. The van der Waals surface area contributed by atoms with E-state index >= 15 is 0 Å². The molecular weight excluding hydrogens is 471 g/mol. The van der Waals surface area contributed by atoms with Gasteiger partial charge in [-0.15, -0.1) is 35.3 Å². The van der Waals surface area contributed by atoms with E-state index in [-0.39, 0.29) is 24.0 Å². The zero-order chi connectivity index (χ0) is 18.5. The smallest absolute Gasteiger partial charge is 0.191 e. The molecule has 0 spiro atoms. The summed E-state index contributed by atoms with van der Waals surface area (Å²) in [5, 5.41) is 8.99. The lowest BCUT2D eigenvalue weighted by Crippen LogP contribution is -2.39. The van der Waals surface area contributed by atoms with Crippen LogP contribution >= 0.6 is 35.3 Å². The molecule has 156 valence electrons. The molecule has 27 heavy (non-hydrogen) atoms. The number of hydrogen-bond acceptors (Lipinski definition) is 4. The van der Waals surface area contributed by atoms with Gasteiger partial charge in [-0.1, -0.05) is 6.07 Å². The highest BCUT2D eigenvalue weighted by Crippen LogP contribution is 2.20. The average Bonchev–Trinajstić information content (AvgIpc) is 3.16. The number of rotatable bonds is 11. The number of nitrogens with one attached hydrogen (secondary N) is 2. The van der Waals surface area contributed by atoms with Gasteiger partial charge in [0, 0.05) is 50.8 Å². The normalized spacial score (nSPS) is 18.1. The van der Waals surface area contributed by atoms with Gasteiger partial charge in [-0.2, -0.15) is 0 Å². The van der Waals surface area contributed by atoms with E-state index < -0.39 is 0 Å². The Morgan fingerprint density at radius 2 is 2.22 bits per heavy atom. The lowest BCUT2D eigenvalue weighted by molar-refractivity contribution is 0.143. The van der Waals surface area contributed by atoms with Crippen molar-refractivity contribution in [3.63, 3.8) is 0 Å².